The molecule has 2 N–H and O–H groups in total. The van der Waals surface area contributed by atoms with Gasteiger partial charge in [-0.15, -0.1) is 0 Å². The van der Waals surface area contributed by atoms with E-state index in [1.807, 2.05) is 0 Å². The molecule has 0 aliphatic rings. The minimum Gasteiger partial charge on any atom is -0.397 e. The molecule has 1 nitrogen and oxygen atoms in total. The Morgan fingerprint density at radius 3 is 1.75 bits per heavy atom. The van der Waals surface area contributed by atoms with Crippen molar-refractivity contribution >= 4 is 49.1 Å². The molecule has 0 aliphatic carbocycles. The lowest BCUT2D eigenvalue weighted by Gasteiger charge is -2.05. The summed E-state index contributed by atoms with van der Waals surface area (Å²) < 4.78 is 25.7. The Kier molecular flexibility index (Phi) is 2.96. The van der Waals surface area contributed by atoms with Crippen LogP contribution in [0.3, 0.4) is 0 Å². The summed E-state index contributed by atoms with van der Waals surface area (Å²) in [7, 11) is 0. The minimum atomic E-state index is -0.894. The van der Waals surface area contributed by atoms with E-state index in [0.29, 0.717) is 0 Å². The van der Waals surface area contributed by atoms with E-state index in [4.69, 9.17) is 17.3 Å². The highest BCUT2D eigenvalue weighted by atomic mass is 79.9. The summed E-state index contributed by atoms with van der Waals surface area (Å²) in [5.41, 5.74) is 5.27. The lowest BCUT2D eigenvalue weighted by molar-refractivity contribution is 0.577. The summed E-state index contributed by atoms with van der Waals surface area (Å²) in [6.45, 7) is 0. The Balaban J connectivity index is 3.60. The van der Waals surface area contributed by atoms with Crippen LogP contribution in [-0.2, 0) is 0 Å². The van der Waals surface area contributed by atoms with Crippen LogP contribution in [0.4, 0.5) is 14.5 Å². The molecular formula is C6H2Br2ClF2N. The van der Waals surface area contributed by atoms with Gasteiger partial charge in [0.2, 0.25) is 0 Å². The Hall–Kier alpha value is 0.130. The maximum Gasteiger partial charge on any atom is 0.161 e. The van der Waals surface area contributed by atoms with E-state index >= 15 is 0 Å². The van der Waals surface area contributed by atoms with E-state index in [1.54, 1.807) is 0 Å². The fourth-order valence-electron chi connectivity index (χ4n) is 0.622. The Labute approximate surface area is 89.1 Å². The average Bonchev–Trinajstić information content (AvgIpc) is 2.08. The molecule has 0 saturated carbocycles. The van der Waals surface area contributed by atoms with Crippen molar-refractivity contribution in [1.29, 1.82) is 0 Å². The molecule has 0 aromatic heterocycles. The van der Waals surface area contributed by atoms with Gasteiger partial charge in [0.1, 0.15) is 5.02 Å². The molecule has 66 valence electrons. The molecule has 0 heterocycles. The van der Waals surface area contributed by atoms with Crippen molar-refractivity contribution in [2.45, 2.75) is 0 Å². The van der Waals surface area contributed by atoms with Crippen molar-refractivity contribution in [2.75, 3.05) is 5.73 Å². The first-order chi connectivity index (χ1) is 5.46. The second-order valence-electron chi connectivity index (χ2n) is 1.98. The Bertz CT molecular complexity index is 238. The second-order valence-corrected chi connectivity index (χ2v) is 3.95. The maximum atomic E-state index is 12.9. The van der Waals surface area contributed by atoms with Crippen molar-refractivity contribution in [3.8, 4) is 0 Å². The third-order valence-corrected chi connectivity index (χ3v) is 3.13. The molecule has 0 unspecified atom stereocenters. The first-order valence-corrected chi connectivity index (χ1v) is 4.70. The minimum absolute atomic E-state index is 0.0409. The fourth-order valence-corrected chi connectivity index (χ4v) is 2.10. The van der Waals surface area contributed by atoms with Gasteiger partial charge < -0.3 is 5.73 Å². The first kappa shape index (κ1) is 10.2. The number of nitrogen functional groups attached to an aromatic ring is 1. The molecule has 0 atom stereocenters. The Morgan fingerprint density at radius 2 is 1.42 bits per heavy atom. The molecule has 0 saturated heterocycles. The molecule has 0 radical (unpaired) electrons. The number of benzene rings is 1. The lowest BCUT2D eigenvalue weighted by atomic mass is 10.3. The predicted octanol–water partition coefficient (Wildman–Crippen LogP) is 3.73. The molecule has 1 aromatic rings. The van der Waals surface area contributed by atoms with E-state index in [2.05, 4.69) is 31.9 Å². The van der Waals surface area contributed by atoms with Crippen LogP contribution in [0.15, 0.2) is 8.95 Å². The molecule has 0 amide bonds. The average molecular weight is 321 g/mol. The molecule has 0 spiro atoms. The molecular weight excluding hydrogens is 319 g/mol. The van der Waals surface area contributed by atoms with Crippen LogP contribution >= 0.6 is 43.5 Å². The van der Waals surface area contributed by atoms with Crippen LogP contribution in [-0.4, -0.2) is 0 Å². The van der Waals surface area contributed by atoms with Crippen LogP contribution in [0.25, 0.3) is 0 Å². The van der Waals surface area contributed by atoms with Gasteiger partial charge in [0.25, 0.3) is 0 Å². The summed E-state index contributed by atoms with van der Waals surface area (Å²) in [4.78, 5) is 0. The molecule has 0 fully saturated rings. The number of rotatable bonds is 0. The summed E-state index contributed by atoms with van der Waals surface area (Å²) in [6, 6.07) is 0. The third-order valence-electron chi connectivity index (χ3n) is 1.24. The first-order valence-electron chi connectivity index (χ1n) is 2.73. The molecule has 1 aromatic carbocycles. The molecule has 1 rings (SSSR count). The fraction of sp³-hybridized carbons (Fsp3) is 0. The third kappa shape index (κ3) is 1.45. The smallest absolute Gasteiger partial charge is 0.161 e. The normalized spacial score (nSPS) is 10.4. The number of hydrogen-bond donors (Lipinski definition) is 1. The number of hydrogen-bond acceptors (Lipinski definition) is 1. The van der Waals surface area contributed by atoms with Gasteiger partial charge in [-0.05, 0) is 31.9 Å². The van der Waals surface area contributed by atoms with Crippen LogP contribution in [0, 0.1) is 11.6 Å². The molecule has 6 heteroatoms. The van der Waals surface area contributed by atoms with E-state index in [1.165, 1.54) is 0 Å². The number of halogens is 5. The standard InChI is InChI=1S/C6H2Br2ClF2N/c7-1-4(10)3(9)5(11)2(8)6(1)12/h12H2. The highest BCUT2D eigenvalue weighted by Gasteiger charge is 2.18. The molecule has 12 heavy (non-hydrogen) atoms. The monoisotopic (exact) mass is 319 g/mol. The van der Waals surface area contributed by atoms with E-state index in [0.717, 1.165) is 0 Å². The van der Waals surface area contributed by atoms with Gasteiger partial charge in [-0.1, -0.05) is 11.6 Å². The van der Waals surface area contributed by atoms with Crippen molar-refractivity contribution in [1.82, 2.24) is 0 Å². The highest BCUT2D eigenvalue weighted by molar-refractivity contribution is 9.11. The SMILES string of the molecule is Nc1c(Br)c(F)c(Cl)c(F)c1Br. The topological polar surface area (TPSA) is 26.0 Å². The summed E-state index contributed by atoms with van der Waals surface area (Å²) >= 11 is 11.0. The second kappa shape index (κ2) is 3.47. The summed E-state index contributed by atoms with van der Waals surface area (Å²) in [5.74, 6) is -1.79. The zero-order valence-corrected chi connectivity index (χ0v) is 9.40. The van der Waals surface area contributed by atoms with Crippen molar-refractivity contribution in [2.24, 2.45) is 0 Å². The quantitative estimate of drug-likeness (QED) is 0.440. The van der Waals surface area contributed by atoms with Gasteiger partial charge in [0.15, 0.2) is 11.6 Å². The van der Waals surface area contributed by atoms with E-state index in [-0.39, 0.29) is 14.6 Å². The summed E-state index contributed by atoms with van der Waals surface area (Å²) in [5, 5.41) is -0.581. The lowest BCUT2D eigenvalue weighted by Crippen LogP contribution is -1.96. The van der Waals surface area contributed by atoms with Crippen LogP contribution in [0.2, 0.25) is 5.02 Å². The van der Waals surface area contributed by atoms with Gasteiger partial charge >= 0.3 is 0 Å². The van der Waals surface area contributed by atoms with Crippen LogP contribution in [0.1, 0.15) is 0 Å². The van der Waals surface area contributed by atoms with E-state index < -0.39 is 16.7 Å². The van der Waals surface area contributed by atoms with E-state index in [9.17, 15) is 8.78 Å². The largest absolute Gasteiger partial charge is 0.397 e. The van der Waals surface area contributed by atoms with Crippen molar-refractivity contribution < 1.29 is 8.78 Å². The van der Waals surface area contributed by atoms with Gasteiger partial charge in [-0.3, -0.25) is 0 Å². The van der Waals surface area contributed by atoms with Gasteiger partial charge in [0.05, 0.1) is 14.6 Å². The summed E-state index contributed by atoms with van der Waals surface area (Å²) in [6.07, 6.45) is 0. The van der Waals surface area contributed by atoms with Crippen LogP contribution in [0.5, 0.6) is 0 Å². The van der Waals surface area contributed by atoms with Crippen molar-refractivity contribution in [3.05, 3.63) is 25.6 Å². The molecule has 0 bridgehead atoms. The van der Waals surface area contributed by atoms with Crippen molar-refractivity contribution in [3.63, 3.8) is 0 Å². The van der Waals surface area contributed by atoms with Crippen LogP contribution < -0.4 is 5.73 Å². The molecule has 0 aliphatic heterocycles. The predicted molar refractivity (Wildman–Crippen MR) is 51.2 cm³/mol. The maximum absolute atomic E-state index is 12.9. The number of anilines is 1. The van der Waals surface area contributed by atoms with Gasteiger partial charge in [0, 0.05) is 0 Å². The highest BCUT2D eigenvalue weighted by Crippen LogP contribution is 2.37. The zero-order chi connectivity index (χ0) is 9.46. The van der Waals surface area contributed by atoms with Gasteiger partial charge in [-0.2, -0.15) is 0 Å². The van der Waals surface area contributed by atoms with Gasteiger partial charge in [-0.25, -0.2) is 8.78 Å². The zero-order valence-electron chi connectivity index (χ0n) is 5.47. The number of nitrogens with two attached hydrogens (primary N) is 1. The Morgan fingerprint density at radius 1 is 1.08 bits per heavy atom.